The Kier molecular flexibility index (Phi) is 4.81. The Bertz CT molecular complexity index is 653. The summed E-state index contributed by atoms with van der Waals surface area (Å²) in [4.78, 5) is 14.1. The van der Waals surface area contributed by atoms with Crippen molar-refractivity contribution in [3.63, 3.8) is 0 Å². The van der Waals surface area contributed by atoms with Crippen LogP contribution in [-0.4, -0.2) is 45.8 Å². The summed E-state index contributed by atoms with van der Waals surface area (Å²) in [5.41, 5.74) is -1.07. The van der Waals surface area contributed by atoms with Gasteiger partial charge in [-0.05, 0) is 38.8 Å². The number of ether oxygens (including phenoxy) is 1. The minimum absolute atomic E-state index is 0.0338. The van der Waals surface area contributed by atoms with E-state index in [4.69, 9.17) is 4.74 Å². The second-order valence-electron chi connectivity index (χ2n) is 7.41. The van der Waals surface area contributed by atoms with Gasteiger partial charge in [0.25, 0.3) is 0 Å². The molecular formula is C18H22BrF2NO3. The number of benzene rings is 1. The van der Waals surface area contributed by atoms with E-state index in [0.29, 0.717) is 5.56 Å². The molecule has 4 nitrogen and oxygen atoms in total. The lowest BCUT2D eigenvalue weighted by molar-refractivity contribution is -0.196. The van der Waals surface area contributed by atoms with Crippen molar-refractivity contribution in [2.45, 2.75) is 63.0 Å². The van der Waals surface area contributed by atoms with Gasteiger partial charge >= 0.3 is 0 Å². The molecule has 1 aromatic carbocycles. The summed E-state index contributed by atoms with van der Waals surface area (Å²) < 4.78 is 33.7. The van der Waals surface area contributed by atoms with Crippen molar-refractivity contribution in [3.05, 3.63) is 34.3 Å². The van der Waals surface area contributed by atoms with Crippen molar-refractivity contribution < 1.29 is 23.4 Å². The molecule has 1 spiro atoms. The normalized spacial score (nSPS) is 27.5. The number of Topliss-reactive ketones (excluding diaryl/α,β-unsaturated/α-hetero) is 1. The fraction of sp³-hybridized carbons (Fsp3) is 0.611. The second-order valence-corrected chi connectivity index (χ2v) is 8.33. The number of alkyl halides is 2. The zero-order valence-corrected chi connectivity index (χ0v) is 15.9. The van der Waals surface area contributed by atoms with Crippen LogP contribution in [0.4, 0.5) is 8.78 Å². The fourth-order valence-corrected chi connectivity index (χ4v) is 4.12. The summed E-state index contributed by atoms with van der Waals surface area (Å²) in [6.07, 6.45) is -1.49. The molecule has 1 aliphatic heterocycles. The molecule has 1 aromatic rings. The molecule has 7 heteroatoms. The van der Waals surface area contributed by atoms with Crippen molar-refractivity contribution in [1.29, 1.82) is 0 Å². The van der Waals surface area contributed by atoms with Gasteiger partial charge in [-0.2, -0.15) is 0 Å². The van der Waals surface area contributed by atoms with E-state index in [0.717, 1.165) is 4.47 Å². The number of carbonyl (C=O) groups excluding carboxylic acids is 1. The molecule has 25 heavy (non-hydrogen) atoms. The first kappa shape index (κ1) is 18.9. The minimum atomic E-state index is -2.68. The second kappa shape index (κ2) is 6.37. The van der Waals surface area contributed by atoms with E-state index in [1.165, 1.54) is 0 Å². The Balaban J connectivity index is 1.78. The summed E-state index contributed by atoms with van der Waals surface area (Å²) in [6.45, 7) is 3.66. The maximum Gasteiger partial charge on any atom is 0.248 e. The highest BCUT2D eigenvalue weighted by molar-refractivity contribution is 9.10. The summed E-state index contributed by atoms with van der Waals surface area (Å²) in [6, 6.07) is 6.97. The Morgan fingerprint density at radius 2 is 1.80 bits per heavy atom. The lowest BCUT2D eigenvalue weighted by Gasteiger charge is -2.46. The van der Waals surface area contributed by atoms with Gasteiger partial charge in [0.15, 0.2) is 5.78 Å². The number of hydrogen-bond acceptors (Lipinski definition) is 4. The molecule has 138 valence electrons. The van der Waals surface area contributed by atoms with Crippen molar-refractivity contribution in [2.24, 2.45) is 0 Å². The number of rotatable bonds is 3. The van der Waals surface area contributed by atoms with Gasteiger partial charge in [0.2, 0.25) is 12.3 Å². The van der Waals surface area contributed by atoms with Crippen LogP contribution in [0.2, 0.25) is 0 Å². The van der Waals surface area contributed by atoms with E-state index in [1.54, 1.807) is 29.2 Å². The fourth-order valence-electron chi connectivity index (χ4n) is 3.85. The third-order valence-corrected chi connectivity index (χ3v) is 6.23. The predicted octanol–water partition coefficient (Wildman–Crippen LogP) is 3.97. The van der Waals surface area contributed by atoms with Gasteiger partial charge in [-0.1, -0.05) is 28.1 Å². The number of aliphatic hydroxyl groups is 1. The number of halogens is 3. The highest BCUT2D eigenvalue weighted by Crippen LogP contribution is 2.52. The lowest BCUT2D eigenvalue weighted by Crippen LogP contribution is -2.57. The quantitative estimate of drug-likeness (QED) is 0.755. The molecule has 1 aliphatic carbocycles. The zero-order chi connectivity index (χ0) is 18.5. The molecule has 1 saturated heterocycles. The van der Waals surface area contributed by atoms with Gasteiger partial charge in [-0.3, -0.25) is 4.79 Å². The monoisotopic (exact) mass is 417 g/mol. The molecule has 1 atom stereocenters. The van der Waals surface area contributed by atoms with Crippen LogP contribution in [0, 0.1) is 0 Å². The van der Waals surface area contributed by atoms with Crippen molar-refractivity contribution in [3.8, 4) is 0 Å². The number of carbonyl (C=O) groups is 1. The highest BCUT2D eigenvalue weighted by atomic mass is 79.9. The summed E-state index contributed by atoms with van der Waals surface area (Å²) >= 11 is 3.32. The van der Waals surface area contributed by atoms with Gasteiger partial charge < -0.3 is 9.84 Å². The van der Waals surface area contributed by atoms with Crippen LogP contribution in [-0.2, 0) is 4.74 Å². The van der Waals surface area contributed by atoms with Crippen LogP contribution < -0.4 is 0 Å². The number of ketones is 1. The van der Waals surface area contributed by atoms with Gasteiger partial charge in [0, 0.05) is 28.4 Å². The Morgan fingerprint density at radius 3 is 2.36 bits per heavy atom. The van der Waals surface area contributed by atoms with Gasteiger partial charge in [-0.25, -0.2) is 13.7 Å². The van der Waals surface area contributed by atoms with Crippen LogP contribution in [0.1, 0.15) is 49.9 Å². The predicted molar refractivity (Wildman–Crippen MR) is 92.5 cm³/mol. The highest BCUT2D eigenvalue weighted by Gasteiger charge is 2.61. The molecular weight excluding hydrogens is 396 g/mol. The van der Waals surface area contributed by atoms with Crippen LogP contribution >= 0.6 is 15.9 Å². The lowest BCUT2D eigenvalue weighted by atomic mass is 9.71. The molecule has 0 aromatic heterocycles. The van der Waals surface area contributed by atoms with E-state index in [1.807, 2.05) is 13.8 Å². The SMILES string of the molecule is CC1(C)N(CC(=O)c2ccc(Br)cc2)C(O)OC12CCC(F)(F)CC2. The first-order chi connectivity index (χ1) is 11.6. The minimum Gasteiger partial charge on any atom is -0.356 e. The van der Waals surface area contributed by atoms with E-state index >= 15 is 0 Å². The molecule has 0 bridgehead atoms. The molecule has 0 radical (unpaired) electrons. The third kappa shape index (κ3) is 3.39. The standard InChI is InChI=1S/C18H22BrF2NO3/c1-16(2)17(7-9-18(20,21)10-8-17)25-15(24)22(16)11-14(23)12-3-5-13(19)6-4-12/h3-6,15,24H,7-11H2,1-2H3. The van der Waals surface area contributed by atoms with Crippen LogP contribution in [0.15, 0.2) is 28.7 Å². The van der Waals surface area contributed by atoms with E-state index in [2.05, 4.69) is 15.9 Å². The summed E-state index contributed by atoms with van der Waals surface area (Å²) in [5.74, 6) is -2.84. The Labute approximate surface area is 154 Å². The molecule has 1 unspecified atom stereocenters. The summed E-state index contributed by atoms with van der Waals surface area (Å²) in [5, 5.41) is 10.4. The molecule has 2 aliphatic rings. The molecule has 1 N–H and O–H groups in total. The Hall–Kier alpha value is -0.890. The molecule has 1 saturated carbocycles. The molecule has 1 heterocycles. The largest absolute Gasteiger partial charge is 0.356 e. The molecule has 3 rings (SSSR count). The topological polar surface area (TPSA) is 49.8 Å². The number of hydrogen-bond donors (Lipinski definition) is 1. The van der Waals surface area contributed by atoms with Crippen molar-refractivity contribution in [1.82, 2.24) is 4.90 Å². The average Bonchev–Trinajstić information content (AvgIpc) is 2.71. The maximum atomic E-state index is 13.6. The van der Waals surface area contributed by atoms with Crippen LogP contribution in [0.5, 0.6) is 0 Å². The molecule has 0 amide bonds. The Morgan fingerprint density at radius 1 is 1.24 bits per heavy atom. The zero-order valence-electron chi connectivity index (χ0n) is 14.3. The van der Waals surface area contributed by atoms with E-state index < -0.39 is 23.5 Å². The average molecular weight is 418 g/mol. The van der Waals surface area contributed by atoms with Crippen molar-refractivity contribution >= 4 is 21.7 Å². The van der Waals surface area contributed by atoms with Gasteiger partial charge in [0.1, 0.15) is 0 Å². The first-order valence-corrected chi connectivity index (χ1v) is 9.15. The van der Waals surface area contributed by atoms with Crippen molar-refractivity contribution in [2.75, 3.05) is 6.54 Å². The van der Waals surface area contributed by atoms with Crippen LogP contribution in [0.25, 0.3) is 0 Å². The van der Waals surface area contributed by atoms with Crippen LogP contribution in [0.3, 0.4) is 0 Å². The molecule has 2 fully saturated rings. The third-order valence-electron chi connectivity index (χ3n) is 5.70. The van der Waals surface area contributed by atoms with E-state index in [9.17, 15) is 18.7 Å². The van der Waals surface area contributed by atoms with E-state index in [-0.39, 0.29) is 38.0 Å². The van der Waals surface area contributed by atoms with Gasteiger partial charge in [-0.15, -0.1) is 0 Å². The first-order valence-electron chi connectivity index (χ1n) is 8.36. The number of aliphatic hydroxyl groups excluding tert-OH is 1. The summed E-state index contributed by atoms with van der Waals surface area (Å²) in [7, 11) is 0. The van der Waals surface area contributed by atoms with Gasteiger partial charge in [0.05, 0.1) is 12.1 Å². The number of nitrogens with zero attached hydrogens (tertiary/aromatic N) is 1. The maximum absolute atomic E-state index is 13.6. The smallest absolute Gasteiger partial charge is 0.248 e.